The lowest BCUT2D eigenvalue weighted by Crippen LogP contribution is -2.14. The summed E-state index contributed by atoms with van der Waals surface area (Å²) in [4.78, 5) is 23.7. The molecule has 0 fully saturated rings. The van der Waals surface area contributed by atoms with Gasteiger partial charge < -0.3 is 19.5 Å². The molecular weight excluding hydrogens is 464 g/mol. The van der Waals surface area contributed by atoms with E-state index in [2.05, 4.69) is 10.4 Å². The Hall–Kier alpha value is -4.86. The van der Waals surface area contributed by atoms with Crippen LogP contribution in [0.1, 0.15) is 21.6 Å². The van der Waals surface area contributed by atoms with Crippen molar-refractivity contribution in [3.63, 3.8) is 0 Å². The van der Waals surface area contributed by atoms with Gasteiger partial charge in [0.15, 0.2) is 23.9 Å². The highest BCUT2D eigenvalue weighted by Gasteiger charge is 2.16. The van der Waals surface area contributed by atoms with E-state index >= 15 is 0 Å². The predicted octanol–water partition coefficient (Wildman–Crippen LogP) is 5.50. The first kappa shape index (κ1) is 24.3. The zero-order valence-corrected chi connectivity index (χ0v) is 19.9. The summed E-state index contributed by atoms with van der Waals surface area (Å²) in [6.07, 6.45) is 1.61. The molecule has 0 bridgehead atoms. The van der Waals surface area contributed by atoms with Crippen molar-refractivity contribution in [3.05, 3.63) is 99.9 Å². The van der Waals surface area contributed by atoms with Gasteiger partial charge in [-0.15, -0.1) is 0 Å². The van der Waals surface area contributed by atoms with Crippen molar-refractivity contribution in [3.8, 4) is 23.0 Å². The Morgan fingerprint density at radius 2 is 1.72 bits per heavy atom. The number of para-hydroxylation sites is 2. The average molecular weight is 489 g/mol. The highest BCUT2D eigenvalue weighted by atomic mass is 16.6. The molecule has 10 heteroatoms. The van der Waals surface area contributed by atoms with Crippen LogP contribution in [0.2, 0.25) is 0 Å². The molecule has 0 unspecified atom stereocenters. The third kappa shape index (κ3) is 5.98. The number of benzene rings is 3. The number of nitro benzene ring substituents is 1. The van der Waals surface area contributed by atoms with Gasteiger partial charge in [0.1, 0.15) is 11.5 Å². The van der Waals surface area contributed by atoms with E-state index in [1.165, 1.54) is 36.1 Å². The van der Waals surface area contributed by atoms with Crippen LogP contribution in [-0.4, -0.2) is 27.7 Å². The Bertz CT molecular complexity index is 1400. The van der Waals surface area contributed by atoms with Gasteiger partial charge in [0.2, 0.25) is 0 Å². The maximum absolute atomic E-state index is 12.8. The molecular formula is C26H24N4O6. The smallest absolute Gasteiger partial charge is 0.276 e. The molecule has 36 heavy (non-hydrogen) atoms. The second-order valence-corrected chi connectivity index (χ2v) is 8.02. The molecule has 0 spiro atoms. The second-order valence-electron chi connectivity index (χ2n) is 8.02. The topological polar surface area (TPSA) is 118 Å². The number of hydrogen-bond acceptors (Lipinski definition) is 7. The molecule has 3 aromatic carbocycles. The van der Waals surface area contributed by atoms with Crippen LogP contribution < -0.4 is 19.5 Å². The van der Waals surface area contributed by atoms with Gasteiger partial charge in [-0.25, -0.2) is 4.68 Å². The number of carbonyl (C=O) groups excluding carboxylic acids is 1. The molecule has 0 aliphatic heterocycles. The van der Waals surface area contributed by atoms with Crippen LogP contribution in [0.15, 0.2) is 72.9 Å². The van der Waals surface area contributed by atoms with Crippen molar-refractivity contribution >= 4 is 17.3 Å². The third-order valence-corrected chi connectivity index (χ3v) is 5.09. The Labute approximate surface area is 207 Å². The summed E-state index contributed by atoms with van der Waals surface area (Å²) in [5.41, 5.74) is 2.22. The van der Waals surface area contributed by atoms with Crippen molar-refractivity contribution in [1.29, 1.82) is 0 Å². The van der Waals surface area contributed by atoms with Gasteiger partial charge in [0.05, 0.1) is 23.8 Å². The van der Waals surface area contributed by atoms with E-state index in [1.54, 1.807) is 30.5 Å². The normalized spacial score (nSPS) is 10.5. The van der Waals surface area contributed by atoms with E-state index in [9.17, 15) is 14.9 Å². The number of rotatable bonds is 9. The number of ether oxygens (including phenoxy) is 3. The van der Waals surface area contributed by atoms with Crippen molar-refractivity contribution in [2.45, 2.75) is 20.6 Å². The summed E-state index contributed by atoms with van der Waals surface area (Å²) in [5.74, 6) is 1.16. The molecule has 1 amide bonds. The molecule has 0 aliphatic carbocycles. The zero-order chi connectivity index (χ0) is 25.7. The molecule has 10 nitrogen and oxygen atoms in total. The van der Waals surface area contributed by atoms with E-state index in [-0.39, 0.29) is 29.5 Å². The quantitative estimate of drug-likeness (QED) is 0.244. The number of aryl methyl sites for hydroxylation is 2. The molecule has 0 saturated carbocycles. The Balaban J connectivity index is 1.48. The maximum Gasteiger partial charge on any atom is 0.276 e. The number of non-ortho nitro benzene ring substituents is 1. The van der Waals surface area contributed by atoms with Crippen LogP contribution >= 0.6 is 0 Å². The monoisotopic (exact) mass is 488 g/mol. The highest BCUT2D eigenvalue weighted by molar-refractivity contribution is 6.03. The molecule has 0 aliphatic rings. The van der Waals surface area contributed by atoms with Crippen LogP contribution in [0.3, 0.4) is 0 Å². The third-order valence-electron chi connectivity index (χ3n) is 5.09. The van der Waals surface area contributed by atoms with Crippen molar-refractivity contribution in [1.82, 2.24) is 9.78 Å². The van der Waals surface area contributed by atoms with Crippen molar-refractivity contribution < 1.29 is 23.9 Å². The largest absolute Gasteiger partial charge is 0.493 e. The fourth-order valence-electron chi connectivity index (χ4n) is 3.56. The summed E-state index contributed by atoms with van der Waals surface area (Å²) >= 11 is 0. The van der Waals surface area contributed by atoms with Gasteiger partial charge in [-0.1, -0.05) is 18.2 Å². The average Bonchev–Trinajstić information content (AvgIpc) is 3.32. The van der Waals surface area contributed by atoms with Crippen LogP contribution in [0.25, 0.3) is 0 Å². The van der Waals surface area contributed by atoms with Gasteiger partial charge in [0, 0.05) is 18.3 Å². The Kier molecular flexibility index (Phi) is 7.15. The first-order valence-electron chi connectivity index (χ1n) is 11.0. The fourth-order valence-corrected chi connectivity index (χ4v) is 3.56. The minimum Gasteiger partial charge on any atom is -0.493 e. The van der Waals surface area contributed by atoms with Gasteiger partial charge in [-0.2, -0.15) is 5.10 Å². The number of anilines is 1. The van der Waals surface area contributed by atoms with E-state index in [0.717, 1.165) is 11.1 Å². The van der Waals surface area contributed by atoms with Crippen molar-refractivity contribution in [2.75, 3.05) is 12.4 Å². The van der Waals surface area contributed by atoms with Gasteiger partial charge in [0.25, 0.3) is 11.6 Å². The molecule has 184 valence electrons. The fraction of sp³-hybridized carbons (Fsp3) is 0.154. The van der Waals surface area contributed by atoms with E-state index in [0.29, 0.717) is 17.2 Å². The molecule has 1 N–H and O–H groups in total. The number of amides is 1. The van der Waals surface area contributed by atoms with Crippen molar-refractivity contribution in [2.24, 2.45) is 0 Å². The van der Waals surface area contributed by atoms with Gasteiger partial charge >= 0.3 is 0 Å². The number of methoxy groups -OCH3 is 1. The molecule has 1 heterocycles. The molecule has 4 rings (SSSR count). The minimum absolute atomic E-state index is 0.115. The number of nitrogens with zero attached hydrogens (tertiary/aromatic N) is 3. The molecule has 0 atom stereocenters. The summed E-state index contributed by atoms with van der Waals surface area (Å²) < 4.78 is 18.3. The molecule has 1 aromatic heterocycles. The van der Waals surface area contributed by atoms with Gasteiger partial charge in [-0.05, 0) is 55.3 Å². The maximum atomic E-state index is 12.8. The van der Waals surface area contributed by atoms with E-state index in [4.69, 9.17) is 14.2 Å². The second kappa shape index (κ2) is 10.6. The number of aromatic nitrogens is 2. The molecule has 4 aromatic rings. The summed E-state index contributed by atoms with van der Waals surface area (Å²) in [7, 11) is 1.49. The Morgan fingerprint density at radius 1 is 1.00 bits per heavy atom. The summed E-state index contributed by atoms with van der Waals surface area (Å²) in [5, 5.41) is 18.3. The van der Waals surface area contributed by atoms with Gasteiger partial charge in [-0.3, -0.25) is 14.9 Å². The zero-order valence-electron chi connectivity index (χ0n) is 19.9. The molecule has 0 saturated heterocycles. The SMILES string of the molecule is COc1ccccc1Oc1cc(NC(=O)c2ccn(COc3cc(C)cc(C)c3)n2)cc([N+](=O)[O-])c1. The van der Waals surface area contributed by atoms with Crippen LogP contribution in [0.5, 0.6) is 23.0 Å². The van der Waals surface area contributed by atoms with Crippen LogP contribution in [0.4, 0.5) is 11.4 Å². The lowest BCUT2D eigenvalue weighted by Gasteiger charge is -2.11. The molecule has 0 radical (unpaired) electrons. The summed E-state index contributed by atoms with van der Waals surface area (Å²) in [6, 6.07) is 18.3. The lowest BCUT2D eigenvalue weighted by molar-refractivity contribution is -0.384. The Morgan fingerprint density at radius 3 is 2.42 bits per heavy atom. The number of nitrogens with one attached hydrogen (secondary N) is 1. The van der Waals surface area contributed by atoms with E-state index < -0.39 is 10.8 Å². The van der Waals surface area contributed by atoms with Crippen LogP contribution in [-0.2, 0) is 6.73 Å². The number of hydrogen-bond donors (Lipinski definition) is 1. The minimum atomic E-state index is -0.566. The lowest BCUT2D eigenvalue weighted by atomic mass is 10.1. The summed E-state index contributed by atoms with van der Waals surface area (Å²) in [6.45, 7) is 4.08. The highest BCUT2D eigenvalue weighted by Crippen LogP contribution is 2.34. The van der Waals surface area contributed by atoms with Crippen LogP contribution in [0, 0.1) is 24.0 Å². The number of carbonyl (C=O) groups is 1. The standard InChI is InChI=1S/C26H24N4O6/c1-17-10-18(2)12-21(11-17)35-16-29-9-8-23(28-29)26(31)27-19-13-20(30(32)33)15-22(14-19)36-25-7-5-4-6-24(25)34-3/h4-15H,16H2,1-3H3,(H,27,31). The first-order chi connectivity index (χ1) is 17.3. The van der Waals surface area contributed by atoms with E-state index in [1.807, 2.05) is 32.0 Å². The number of nitro groups is 1. The first-order valence-corrected chi connectivity index (χ1v) is 11.0. The predicted molar refractivity (Wildman–Crippen MR) is 133 cm³/mol.